The maximum Gasteiger partial charge on any atom is 0.188 e. The molecule has 21 heavy (non-hydrogen) atoms. The summed E-state index contributed by atoms with van der Waals surface area (Å²) in [7, 11) is 3.49. The van der Waals surface area contributed by atoms with Gasteiger partial charge in [0.1, 0.15) is 11.3 Å². The van der Waals surface area contributed by atoms with Crippen molar-refractivity contribution < 1.29 is 9.47 Å². The highest BCUT2D eigenvalue weighted by molar-refractivity contribution is 9.10. The molecular weight excluding hydrogens is 334 g/mol. The number of ether oxygens (including phenoxy) is 2. The Morgan fingerprint density at radius 1 is 1.29 bits per heavy atom. The standard InChI is InChI=1S/C15H14BrN3O2/c1-19-8-11-5-13(17-7-14(11)18-19)10-3-4-12(16)15(6-10)21-9-20-2/h3-8H,9H2,1-2H3. The van der Waals surface area contributed by atoms with E-state index in [0.717, 1.165) is 32.4 Å². The van der Waals surface area contributed by atoms with Crippen LogP contribution in [0.15, 0.2) is 41.1 Å². The Balaban J connectivity index is 2.00. The molecule has 1 aromatic carbocycles. The Bertz CT molecular complexity index is 786. The molecule has 0 spiro atoms. The summed E-state index contributed by atoms with van der Waals surface area (Å²) in [6.45, 7) is 0.205. The van der Waals surface area contributed by atoms with Gasteiger partial charge in [0.25, 0.3) is 0 Å². The fourth-order valence-electron chi connectivity index (χ4n) is 2.10. The van der Waals surface area contributed by atoms with Gasteiger partial charge >= 0.3 is 0 Å². The molecule has 0 radical (unpaired) electrons. The third-order valence-corrected chi connectivity index (χ3v) is 3.72. The number of halogens is 1. The van der Waals surface area contributed by atoms with Gasteiger partial charge in [-0.2, -0.15) is 5.10 Å². The van der Waals surface area contributed by atoms with Crippen LogP contribution in [0.1, 0.15) is 0 Å². The molecule has 2 aromatic heterocycles. The van der Waals surface area contributed by atoms with E-state index in [1.54, 1.807) is 18.0 Å². The van der Waals surface area contributed by atoms with Crippen LogP contribution in [0.25, 0.3) is 22.2 Å². The SMILES string of the molecule is COCOc1cc(-c2cc3cn(C)nc3cn2)ccc1Br. The number of nitrogens with zero attached hydrogens (tertiary/aromatic N) is 3. The van der Waals surface area contributed by atoms with Crippen LogP contribution in [-0.4, -0.2) is 28.7 Å². The maximum atomic E-state index is 5.53. The van der Waals surface area contributed by atoms with Crippen molar-refractivity contribution in [3.8, 4) is 17.0 Å². The molecule has 0 saturated heterocycles. The number of benzene rings is 1. The minimum Gasteiger partial charge on any atom is -0.466 e. The lowest BCUT2D eigenvalue weighted by Crippen LogP contribution is -1.99. The van der Waals surface area contributed by atoms with Crippen molar-refractivity contribution in [3.05, 3.63) is 41.1 Å². The first-order valence-corrected chi connectivity index (χ1v) is 7.18. The summed E-state index contributed by atoms with van der Waals surface area (Å²) in [5.74, 6) is 0.724. The van der Waals surface area contributed by atoms with Crippen LogP contribution < -0.4 is 4.74 Å². The summed E-state index contributed by atoms with van der Waals surface area (Å²) in [4.78, 5) is 4.46. The molecule has 0 N–H and O–H groups in total. The Kier molecular flexibility index (Phi) is 3.90. The van der Waals surface area contributed by atoms with Gasteiger partial charge in [0.2, 0.25) is 0 Å². The number of fused-ring (bicyclic) bond motifs is 1. The average Bonchev–Trinajstić information content (AvgIpc) is 2.85. The van der Waals surface area contributed by atoms with E-state index in [1.165, 1.54) is 0 Å². The molecule has 0 amide bonds. The monoisotopic (exact) mass is 347 g/mol. The minimum absolute atomic E-state index is 0.205. The van der Waals surface area contributed by atoms with Crippen LogP contribution >= 0.6 is 15.9 Å². The van der Waals surface area contributed by atoms with Crippen LogP contribution in [0.5, 0.6) is 5.75 Å². The molecular formula is C15H14BrN3O2. The summed E-state index contributed by atoms with van der Waals surface area (Å²) < 4.78 is 13.1. The first-order valence-electron chi connectivity index (χ1n) is 6.38. The molecule has 0 aliphatic rings. The lowest BCUT2D eigenvalue weighted by atomic mass is 10.1. The van der Waals surface area contributed by atoms with E-state index in [2.05, 4.69) is 26.0 Å². The van der Waals surface area contributed by atoms with Gasteiger partial charge in [-0.05, 0) is 34.1 Å². The van der Waals surface area contributed by atoms with Gasteiger partial charge in [0.05, 0.1) is 16.4 Å². The largest absolute Gasteiger partial charge is 0.466 e. The van der Waals surface area contributed by atoms with Gasteiger partial charge in [0.15, 0.2) is 6.79 Å². The smallest absolute Gasteiger partial charge is 0.188 e. The van der Waals surface area contributed by atoms with E-state index in [1.807, 2.05) is 37.5 Å². The normalized spacial score (nSPS) is 11.0. The molecule has 0 aliphatic carbocycles. The molecule has 6 heteroatoms. The van der Waals surface area contributed by atoms with Gasteiger partial charge < -0.3 is 9.47 Å². The summed E-state index contributed by atoms with van der Waals surface area (Å²) in [5, 5.41) is 5.39. The number of rotatable bonds is 4. The number of methoxy groups -OCH3 is 1. The second kappa shape index (κ2) is 5.83. The Labute approximate surface area is 130 Å². The summed E-state index contributed by atoms with van der Waals surface area (Å²) in [6, 6.07) is 7.89. The predicted molar refractivity (Wildman–Crippen MR) is 84.1 cm³/mol. The third kappa shape index (κ3) is 2.91. The van der Waals surface area contributed by atoms with Gasteiger partial charge in [-0.3, -0.25) is 9.67 Å². The van der Waals surface area contributed by atoms with E-state index in [9.17, 15) is 0 Å². The zero-order valence-electron chi connectivity index (χ0n) is 11.7. The number of aryl methyl sites for hydroxylation is 1. The molecule has 5 nitrogen and oxygen atoms in total. The summed E-state index contributed by atoms with van der Waals surface area (Å²) in [6.07, 6.45) is 3.75. The van der Waals surface area contributed by atoms with E-state index < -0.39 is 0 Å². The zero-order valence-corrected chi connectivity index (χ0v) is 13.3. The zero-order chi connectivity index (χ0) is 14.8. The molecule has 108 valence electrons. The fraction of sp³-hybridized carbons (Fsp3) is 0.200. The predicted octanol–water partition coefficient (Wildman–Crippen LogP) is 3.38. The van der Waals surface area contributed by atoms with Crippen molar-refractivity contribution in [2.24, 2.45) is 7.05 Å². The molecule has 0 saturated carbocycles. The first-order chi connectivity index (χ1) is 10.2. The van der Waals surface area contributed by atoms with E-state index in [4.69, 9.17) is 9.47 Å². The van der Waals surface area contributed by atoms with Crippen molar-refractivity contribution in [2.75, 3.05) is 13.9 Å². The van der Waals surface area contributed by atoms with Gasteiger partial charge in [-0.15, -0.1) is 0 Å². The molecule has 0 aliphatic heterocycles. The van der Waals surface area contributed by atoms with E-state index in [0.29, 0.717) is 0 Å². The summed E-state index contributed by atoms with van der Waals surface area (Å²) >= 11 is 3.46. The molecule has 0 bridgehead atoms. The quantitative estimate of drug-likeness (QED) is 0.679. The van der Waals surface area contributed by atoms with Crippen LogP contribution in [0.4, 0.5) is 0 Å². The van der Waals surface area contributed by atoms with Crippen molar-refractivity contribution in [2.45, 2.75) is 0 Å². The number of aromatic nitrogens is 3. The molecule has 2 heterocycles. The van der Waals surface area contributed by atoms with Crippen molar-refractivity contribution in [1.29, 1.82) is 0 Å². The van der Waals surface area contributed by atoms with Gasteiger partial charge in [-0.1, -0.05) is 6.07 Å². The van der Waals surface area contributed by atoms with Crippen molar-refractivity contribution >= 4 is 26.8 Å². The number of hydrogen-bond acceptors (Lipinski definition) is 4. The van der Waals surface area contributed by atoms with Crippen LogP contribution in [0, 0.1) is 0 Å². The lowest BCUT2D eigenvalue weighted by Gasteiger charge is -2.09. The lowest BCUT2D eigenvalue weighted by molar-refractivity contribution is 0.0506. The second-order valence-corrected chi connectivity index (χ2v) is 5.48. The highest BCUT2D eigenvalue weighted by Gasteiger charge is 2.08. The van der Waals surface area contributed by atoms with Crippen LogP contribution in [-0.2, 0) is 11.8 Å². The minimum atomic E-state index is 0.205. The summed E-state index contributed by atoms with van der Waals surface area (Å²) in [5.41, 5.74) is 2.74. The molecule has 0 fully saturated rings. The molecule has 3 rings (SSSR count). The van der Waals surface area contributed by atoms with Gasteiger partial charge in [0, 0.05) is 31.3 Å². The Morgan fingerprint density at radius 2 is 2.14 bits per heavy atom. The Morgan fingerprint density at radius 3 is 2.95 bits per heavy atom. The van der Waals surface area contributed by atoms with Crippen molar-refractivity contribution in [1.82, 2.24) is 14.8 Å². The second-order valence-electron chi connectivity index (χ2n) is 4.63. The average molecular weight is 348 g/mol. The molecule has 3 aromatic rings. The topological polar surface area (TPSA) is 49.2 Å². The van der Waals surface area contributed by atoms with E-state index in [-0.39, 0.29) is 6.79 Å². The van der Waals surface area contributed by atoms with Gasteiger partial charge in [-0.25, -0.2) is 0 Å². The number of pyridine rings is 1. The van der Waals surface area contributed by atoms with Crippen molar-refractivity contribution in [3.63, 3.8) is 0 Å². The van der Waals surface area contributed by atoms with Crippen LogP contribution in [0.3, 0.4) is 0 Å². The maximum absolute atomic E-state index is 5.53. The first kappa shape index (κ1) is 14.0. The third-order valence-electron chi connectivity index (χ3n) is 3.06. The molecule has 0 unspecified atom stereocenters. The molecule has 0 atom stereocenters. The van der Waals surface area contributed by atoms with Crippen LogP contribution in [0.2, 0.25) is 0 Å². The highest BCUT2D eigenvalue weighted by atomic mass is 79.9. The highest BCUT2D eigenvalue weighted by Crippen LogP contribution is 2.31. The fourth-order valence-corrected chi connectivity index (χ4v) is 2.47. The number of hydrogen-bond donors (Lipinski definition) is 0. The Hall–Kier alpha value is -1.92. The van der Waals surface area contributed by atoms with E-state index >= 15 is 0 Å².